The summed E-state index contributed by atoms with van der Waals surface area (Å²) in [4.78, 5) is 22.3. The lowest BCUT2D eigenvalue weighted by atomic mass is 10.3. The standard InChI is InChI=1S/C14H24N4O2/c1-4-5-8-18(2)14-16-10-12(11-17-14)13(19)15-7-6-9-20-3/h10-11H,4-9H2,1-3H3,(H,15,19). The van der Waals surface area contributed by atoms with Crippen LogP contribution in [0.15, 0.2) is 12.4 Å². The summed E-state index contributed by atoms with van der Waals surface area (Å²) in [7, 11) is 3.60. The van der Waals surface area contributed by atoms with Crippen molar-refractivity contribution < 1.29 is 9.53 Å². The van der Waals surface area contributed by atoms with Gasteiger partial charge in [-0.2, -0.15) is 0 Å². The number of ether oxygens (including phenoxy) is 1. The fourth-order valence-corrected chi connectivity index (χ4v) is 1.65. The van der Waals surface area contributed by atoms with E-state index in [-0.39, 0.29) is 5.91 Å². The van der Waals surface area contributed by atoms with E-state index in [1.807, 2.05) is 11.9 Å². The summed E-state index contributed by atoms with van der Waals surface area (Å²) in [5.41, 5.74) is 0.482. The van der Waals surface area contributed by atoms with Crippen LogP contribution >= 0.6 is 0 Å². The van der Waals surface area contributed by atoms with Crippen molar-refractivity contribution in [2.75, 3.05) is 38.8 Å². The predicted molar refractivity (Wildman–Crippen MR) is 79.0 cm³/mol. The van der Waals surface area contributed by atoms with Crippen molar-refractivity contribution in [2.24, 2.45) is 0 Å². The number of nitrogens with zero attached hydrogens (tertiary/aromatic N) is 3. The second-order valence-corrected chi connectivity index (χ2v) is 4.65. The molecule has 112 valence electrons. The fourth-order valence-electron chi connectivity index (χ4n) is 1.65. The lowest BCUT2D eigenvalue weighted by Gasteiger charge is -2.16. The minimum absolute atomic E-state index is 0.149. The Hall–Kier alpha value is -1.69. The van der Waals surface area contributed by atoms with Crippen LogP contribution in [0.1, 0.15) is 36.5 Å². The number of amides is 1. The average Bonchev–Trinajstić information content (AvgIpc) is 2.49. The van der Waals surface area contributed by atoms with Gasteiger partial charge in [0.1, 0.15) is 0 Å². The van der Waals surface area contributed by atoms with Gasteiger partial charge in [0.05, 0.1) is 5.56 Å². The van der Waals surface area contributed by atoms with Crippen molar-refractivity contribution in [1.29, 1.82) is 0 Å². The Labute approximate surface area is 120 Å². The monoisotopic (exact) mass is 280 g/mol. The molecule has 0 bridgehead atoms. The molecule has 1 N–H and O–H groups in total. The predicted octanol–water partition coefficient (Wildman–Crippen LogP) is 1.48. The maximum absolute atomic E-state index is 11.8. The first-order valence-electron chi connectivity index (χ1n) is 6.99. The van der Waals surface area contributed by atoms with Gasteiger partial charge in [-0.05, 0) is 12.8 Å². The van der Waals surface area contributed by atoms with E-state index in [1.165, 1.54) is 0 Å². The fraction of sp³-hybridized carbons (Fsp3) is 0.643. The number of anilines is 1. The van der Waals surface area contributed by atoms with Crippen molar-refractivity contribution in [2.45, 2.75) is 26.2 Å². The van der Waals surface area contributed by atoms with Crippen LogP contribution in [0.25, 0.3) is 0 Å². The molecule has 0 fully saturated rings. The molecule has 1 heterocycles. The number of hydrogen-bond acceptors (Lipinski definition) is 5. The molecular formula is C14H24N4O2. The zero-order valence-corrected chi connectivity index (χ0v) is 12.6. The second kappa shape index (κ2) is 9.25. The van der Waals surface area contributed by atoms with Crippen molar-refractivity contribution in [3.63, 3.8) is 0 Å². The molecule has 0 unspecified atom stereocenters. The minimum Gasteiger partial charge on any atom is -0.385 e. The summed E-state index contributed by atoms with van der Waals surface area (Å²) < 4.78 is 4.92. The molecule has 20 heavy (non-hydrogen) atoms. The molecule has 0 aliphatic heterocycles. The van der Waals surface area contributed by atoms with Gasteiger partial charge in [-0.15, -0.1) is 0 Å². The molecule has 0 spiro atoms. The first-order valence-corrected chi connectivity index (χ1v) is 6.99. The molecule has 0 aliphatic carbocycles. The molecule has 0 aliphatic rings. The van der Waals surface area contributed by atoms with Gasteiger partial charge in [0.25, 0.3) is 5.91 Å². The van der Waals surface area contributed by atoms with Gasteiger partial charge in [0, 0.05) is 46.2 Å². The van der Waals surface area contributed by atoms with E-state index in [2.05, 4.69) is 22.2 Å². The summed E-state index contributed by atoms with van der Waals surface area (Å²) in [6.07, 6.45) is 6.15. The lowest BCUT2D eigenvalue weighted by molar-refractivity contribution is 0.0948. The van der Waals surface area contributed by atoms with Crippen molar-refractivity contribution >= 4 is 11.9 Å². The minimum atomic E-state index is -0.149. The van der Waals surface area contributed by atoms with Crippen LogP contribution in [0.4, 0.5) is 5.95 Å². The van der Waals surface area contributed by atoms with E-state index >= 15 is 0 Å². The van der Waals surface area contributed by atoms with Crippen LogP contribution in [0, 0.1) is 0 Å². The maximum Gasteiger partial charge on any atom is 0.254 e. The summed E-state index contributed by atoms with van der Waals surface area (Å²) in [5, 5.41) is 2.80. The summed E-state index contributed by atoms with van der Waals surface area (Å²) in [6.45, 7) is 4.29. The molecular weight excluding hydrogens is 256 g/mol. The number of hydrogen-bond donors (Lipinski definition) is 1. The van der Waals surface area contributed by atoms with Gasteiger partial charge in [-0.3, -0.25) is 4.79 Å². The van der Waals surface area contributed by atoms with Crippen LogP contribution in [0.2, 0.25) is 0 Å². The zero-order valence-electron chi connectivity index (χ0n) is 12.6. The molecule has 1 amide bonds. The van der Waals surface area contributed by atoms with E-state index in [1.54, 1.807) is 19.5 Å². The van der Waals surface area contributed by atoms with E-state index < -0.39 is 0 Å². The molecule has 0 aromatic carbocycles. The number of methoxy groups -OCH3 is 1. The van der Waals surface area contributed by atoms with Gasteiger partial charge < -0.3 is 15.0 Å². The summed E-state index contributed by atoms with van der Waals surface area (Å²) in [5.74, 6) is 0.498. The molecule has 0 atom stereocenters. The van der Waals surface area contributed by atoms with Crippen molar-refractivity contribution in [3.05, 3.63) is 18.0 Å². The number of rotatable bonds is 9. The number of unbranched alkanes of at least 4 members (excludes halogenated alkanes) is 1. The highest BCUT2D eigenvalue weighted by molar-refractivity contribution is 5.93. The molecule has 1 rings (SSSR count). The lowest BCUT2D eigenvalue weighted by Crippen LogP contribution is -2.26. The highest BCUT2D eigenvalue weighted by Gasteiger charge is 2.08. The van der Waals surface area contributed by atoms with Crippen LogP contribution in [0.5, 0.6) is 0 Å². The van der Waals surface area contributed by atoms with Gasteiger partial charge >= 0.3 is 0 Å². The van der Waals surface area contributed by atoms with E-state index in [9.17, 15) is 4.79 Å². The van der Waals surface area contributed by atoms with Crippen LogP contribution < -0.4 is 10.2 Å². The maximum atomic E-state index is 11.8. The zero-order chi connectivity index (χ0) is 14.8. The Bertz CT molecular complexity index is 395. The normalized spacial score (nSPS) is 10.3. The first-order chi connectivity index (χ1) is 9.69. The van der Waals surface area contributed by atoms with Crippen LogP contribution in [-0.4, -0.2) is 49.7 Å². The molecule has 0 saturated heterocycles. The smallest absolute Gasteiger partial charge is 0.254 e. The molecule has 6 nitrogen and oxygen atoms in total. The van der Waals surface area contributed by atoms with E-state index in [4.69, 9.17) is 4.74 Å². The third-order valence-corrected chi connectivity index (χ3v) is 2.90. The van der Waals surface area contributed by atoms with Gasteiger partial charge in [0.2, 0.25) is 5.95 Å². The van der Waals surface area contributed by atoms with Crippen molar-refractivity contribution in [1.82, 2.24) is 15.3 Å². The van der Waals surface area contributed by atoms with Crippen molar-refractivity contribution in [3.8, 4) is 0 Å². The molecule has 0 radical (unpaired) electrons. The second-order valence-electron chi connectivity index (χ2n) is 4.65. The van der Waals surface area contributed by atoms with Gasteiger partial charge in [-0.1, -0.05) is 13.3 Å². The van der Waals surface area contributed by atoms with E-state index in [0.29, 0.717) is 24.7 Å². The third-order valence-electron chi connectivity index (χ3n) is 2.90. The highest BCUT2D eigenvalue weighted by atomic mass is 16.5. The molecule has 0 saturated carbocycles. The SMILES string of the molecule is CCCCN(C)c1ncc(C(=O)NCCCOC)cn1. The van der Waals surface area contributed by atoms with Gasteiger partial charge in [-0.25, -0.2) is 9.97 Å². The van der Waals surface area contributed by atoms with Crippen LogP contribution in [0.3, 0.4) is 0 Å². The number of aromatic nitrogens is 2. The Balaban J connectivity index is 2.46. The highest BCUT2D eigenvalue weighted by Crippen LogP contribution is 2.06. The van der Waals surface area contributed by atoms with Gasteiger partial charge in [0.15, 0.2) is 0 Å². The Morgan fingerprint density at radius 1 is 1.35 bits per heavy atom. The Kier molecular flexibility index (Phi) is 7.57. The van der Waals surface area contributed by atoms with E-state index in [0.717, 1.165) is 25.8 Å². The topological polar surface area (TPSA) is 67.4 Å². The number of nitrogens with one attached hydrogen (secondary N) is 1. The number of carbonyl (C=O) groups is 1. The number of carbonyl (C=O) groups excluding carboxylic acids is 1. The molecule has 1 aromatic rings. The first kappa shape index (κ1) is 16.4. The Morgan fingerprint density at radius 3 is 2.65 bits per heavy atom. The molecule has 6 heteroatoms. The molecule has 1 aromatic heterocycles. The average molecular weight is 280 g/mol. The Morgan fingerprint density at radius 2 is 2.05 bits per heavy atom. The van der Waals surface area contributed by atoms with Crippen LogP contribution in [-0.2, 0) is 4.74 Å². The quantitative estimate of drug-likeness (QED) is 0.694. The summed E-state index contributed by atoms with van der Waals surface area (Å²) in [6, 6.07) is 0. The summed E-state index contributed by atoms with van der Waals surface area (Å²) >= 11 is 0. The third kappa shape index (κ3) is 5.52. The largest absolute Gasteiger partial charge is 0.385 e.